The Bertz CT molecular complexity index is 396. The molecule has 0 aromatic carbocycles. The number of hydrogen-bond acceptors (Lipinski definition) is 3. The van der Waals surface area contributed by atoms with Gasteiger partial charge >= 0.3 is 0 Å². The van der Waals surface area contributed by atoms with Crippen molar-refractivity contribution in [2.24, 2.45) is 5.92 Å². The van der Waals surface area contributed by atoms with E-state index in [2.05, 4.69) is 34.3 Å². The van der Waals surface area contributed by atoms with Crippen LogP contribution in [0.4, 0.5) is 11.5 Å². The summed E-state index contributed by atoms with van der Waals surface area (Å²) in [4.78, 5) is 7.00. The lowest BCUT2D eigenvalue weighted by molar-refractivity contribution is 0.718. The zero-order chi connectivity index (χ0) is 12.4. The lowest BCUT2D eigenvalue weighted by Crippen LogP contribution is -2.28. The van der Waals surface area contributed by atoms with Crippen molar-refractivity contribution in [3.8, 4) is 0 Å². The SMILES string of the molecule is CCCNc1cc(N(CC2CC2)C2CC2)ccn1. The zero-order valence-electron chi connectivity index (χ0n) is 11.2. The smallest absolute Gasteiger partial charge is 0.127 e. The van der Waals surface area contributed by atoms with E-state index in [0.29, 0.717) is 0 Å². The van der Waals surface area contributed by atoms with Crippen LogP contribution in [0.3, 0.4) is 0 Å². The third-order valence-electron chi connectivity index (χ3n) is 3.77. The summed E-state index contributed by atoms with van der Waals surface area (Å²) in [5.41, 5.74) is 1.36. The Balaban J connectivity index is 1.71. The van der Waals surface area contributed by atoms with Gasteiger partial charge in [-0.15, -0.1) is 0 Å². The Kier molecular flexibility index (Phi) is 3.39. The fourth-order valence-corrected chi connectivity index (χ4v) is 2.38. The van der Waals surface area contributed by atoms with Crippen LogP contribution in [0.5, 0.6) is 0 Å². The zero-order valence-corrected chi connectivity index (χ0v) is 11.2. The first-order valence-electron chi connectivity index (χ1n) is 7.33. The summed E-state index contributed by atoms with van der Waals surface area (Å²) in [5.74, 6) is 1.97. The first kappa shape index (κ1) is 11.8. The van der Waals surface area contributed by atoms with Gasteiger partial charge in [0.25, 0.3) is 0 Å². The summed E-state index contributed by atoms with van der Waals surface area (Å²) in [6.45, 7) is 4.44. The topological polar surface area (TPSA) is 28.2 Å². The van der Waals surface area contributed by atoms with Gasteiger partial charge in [0.15, 0.2) is 0 Å². The molecule has 1 N–H and O–H groups in total. The third-order valence-corrected chi connectivity index (χ3v) is 3.77. The Morgan fingerprint density at radius 2 is 2.17 bits per heavy atom. The van der Waals surface area contributed by atoms with Crippen LogP contribution in [0.25, 0.3) is 0 Å². The molecule has 0 amide bonds. The fourth-order valence-electron chi connectivity index (χ4n) is 2.38. The summed E-state index contributed by atoms with van der Waals surface area (Å²) in [6, 6.07) is 5.18. The average molecular weight is 245 g/mol. The minimum absolute atomic E-state index is 0.798. The van der Waals surface area contributed by atoms with Gasteiger partial charge in [-0.3, -0.25) is 0 Å². The second-order valence-corrected chi connectivity index (χ2v) is 5.65. The number of aromatic nitrogens is 1. The van der Waals surface area contributed by atoms with Crippen LogP contribution < -0.4 is 10.2 Å². The van der Waals surface area contributed by atoms with Crippen LogP contribution in [-0.2, 0) is 0 Å². The highest BCUT2D eigenvalue weighted by molar-refractivity contribution is 5.55. The molecule has 2 saturated carbocycles. The molecule has 1 aromatic heterocycles. The predicted octanol–water partition coefficient (Wildman–Crippen LogP) is 3.28. The van der Waals surface area contributed by atoms with Gasteiger partial charge in [0.2, 0.25) is 0 Å². The van der Waals surface area contributed by atoms with E-state index in [0.717, 1.165) is 30.7 Å². The molecule has 0 radical (unpaired) electrons. The van der Waals surface area contributed by atoms with E-state index < -0.39 is 0 Å². The van der Waals surface area contributed by atoms with Crippen molar-refractivity contribution in [1.29, 1.82) is 0 Å². The number of rotatable bonds is 7. The lowest BCUT2D eigenvalue weighted by Gasteiger charge is -2.25. The molecule has 2 aliphatic carbocycles. The van der Waals surface area contributed by atoms with E-state index in [4.69, 9.17) is 0 Å². The molecule has 2 aliphatic rings. The number of nitrogens with zero attached hydrogens (tertiary/aromatic N) is 2. The molecule has 3 nitrogen and oxygen atoms in total. The first-order chi connectivity index (χ1) is 8.86. The van der Waals surface area contributed by atoms with Crippen molar-refractivity contribution in [2.75, 3.05) is 23.3 Å². The Hall–Kier alpha value is -1.25. The van der Waals surface area contributed by atoms with Crippen molar-refractivity contribution >= 4 is 11.5 Å². The third kappa shape index (κ3) is 2.95. The molecule has 98 valence electrons. The van der Waals surface area contributed by atoms with Gasteiger partial charge in [0, 0.05) is 37.1 Å². The molecule has 1 aromatic rings. The van der Waals surface area contributed by atoms with Gasteiger partial charge in [-0.25, -0.2) is 4.98 Å². The quantitative estimate of drug-likeness (QED) is 0.799. The van der Waals surface area contributed by atoms with E-state index in [1.165, 1.54) is 37.9 Å². The van der Waals surface area contributed by atoms with E-state index in [9.17, 15) is 0 Å². The first-order valence-corrected chi connectivity index (χ1v) is 7.33. The highest BCUT2D eigenvalue weighted by atomic mass is 15.2. The highest BCUT2D eigenvalue weighted by Crippen LogP contribution is 2.37. The van der Waals surface area contributed by atoms with Crippen LogP contribution in [0.2, 0.25) is 0 Å². The van der Waals surface area contributed by atoms with Gasteiger partial charge < -0.3 is 10.2 Å². The summed E-state index contributed by atoms with van der Waals surface area (Å²) in [7, 11) is 0. The summed E-state index contributed by atoms with van der Waals surface area (Å²) in [5, 5.41) is 3.38. The Morgan fingerprint density at radius 1 is 1.33 bits per heavy atom. The fraction of sp³-hybridized carbons (Fsp3) is 0.667. The maximum absolute atomic E-state index is 4.40. The molecule has 0 unspecified atom stereocenters. The molecule has 0 bridgehead atoms. The second-order valence-electron chi connectivity index (χ2n) is 5.65. The van der Waals surface area contributed by atoms with E-state index in [-0.39, 0.29) is 0 Å². The van der Waals surface area contributed by atoms with Gasteiger partial charge in [-0.05, 0) is 44.1 Å². The van der Waals surface area contributed by atoms with Gasteiger partial charge in [-0.2, -0.15) is 0 Å². The second kappa shape index (κ2) is 5.17. The summed E-state index contributed by atoms with van der Waals surface area (Å²) >= 11 is 0. The molecular weight excluding hydrogens is 222 g/mol. The van der Waals surface area contributed by atoms with Crippen molar-refractivity contribution in [3.05, 3.63) is 18.3 Å². The molecule has 0 saturated heterocycles. The molecule has 0 spiro atoms. The minimum atomic E-state index is 0.798. The van der Waals surface area contributed by atoms with Crippen LogP contribution in [0, 0.1) is 5.92 Å². The highest BCUT2D eigenvalue weighted by Gasteiger charge is 2.33. The van der Waals surface area contributed by atoms with Crippen LogP contribution in [0.15, 0.2) is 18.3 Å². The Morgan fingerprint density at radius 3 is 2.83 bits per heavy atom. The van der Waals surface area contributed by atoms with Crippen LogP contribution >= 0.6 is 0 Å². The number of hydrogen-bond donors (Lipinski definition) is 1. The molecule has 1 heterocycles. The molecular formula is C15H23N3. The van der Waals surface area contributed by atoms with Gasteiger partial charge in [0.1, 0.15) is 5.82 Å². The maximum Gasteiger partial charge on any atom is 0.127 e. The minimum Gasteiger partial charge on any atom is -0.370 e. The van der Waals surface area contributed by atoms with Crippen molar-refractivity contribution < 1.29 is 0 Å². The van der Waals surface area contributed by atoms with E-state index in [1.807, 2.05) is 6.20 Å². The maximum atomic E-state index is 4.40. The molecule has 0 aliphatic heterocycles. The van der Waals surface area contributed by atoms with Crippen molar-refractivity contribution in [1.82, 2.24) is 4.98 Å². The standard InChI is InChI=1S/C15H23N3/c1-2-8-16-15-10-14(7-9-17-15)18(13-5-6-13)11-12-3-4-12/h7,9-10,12-13H,2-6,8,11H2,1H3,(H,16,17). The largest absolute Gasteiger partial charge is 0.370 e. The molecule has 2 fully saturated rings. The van der Waals surface area contributed by atoms with Crippen LogP contribution in [0.1, 0.15) is 39.0 Å². The normalized spacial score (nSPS) is 18.7. The van der Waals surface area contributed by atoms with Gasteiger partial charge in [0.05, 0.1) is 0 Å². The number of nitrogens with one attached hydrogen (secondary N) is 1. The van der Waals surface area contributed by atoms with Gasteiger partial charge in [-0.1, -0.05) is 6.92 Å². The number of pyridine rings is 1. The summed E-state index contributed by atoms with van der Waals surface area (Å²) in [6.07, 6.45) is 8.67. The van der Waals surface area contributed by atoms with Crippen LogP contribution in [-0.4, -0.2) is 24.1 Å². The predicted molar refractivity (Wildman–Crippen MR) is 76.1 cm³/mol. The number of anilines is 2. The van der Waals surface area contributed by atoms with E-state index >= 15 is 0 Å². The van der Waals surface area contributed by atoms with E-state index in [1.54, 1.807) is 0 Å². The van der Waals surface area contributed by atoms with Crippen molar-refractivity contribution in [3.63, 3.8) is 0 Å². The summed E-state index contributed by atoms with van der Waals surface area (Å²) < 4.78 is 0. The van der Waals surface area contributed by atoms with Crippen molar-refractivity contribution in [2.45, 2.75) is 45.1 Å². The lowest BCUT2D eigenvalue weighted by atomic mass is 10.3. The monoisotopic (exact) mass is 245 g/mol. The molecule has 18 heavy (non-hydrogen) atoms. The Labute approximate surface area is 110 Å². The molecule has 0 atom stereocenters. The average Bonchev–Trinajstić information content (AvgIpc) is 3.27. The molecule has 3 rings (SSSR count). The molecule has 3 heteroatoms.